The number of rotatable bonds is 7. The third-order valence-corrected chi connectivity index (χ3v) is 4.48. The molecule has 1 amide bonds. The zero-order valence-electron chi connectivity index (χ0n) is 15.2. The lowest BCUT2D eigenvalue weighted by molar-refractivity contribution is -0.137. The smallest absolute Gasteiger partial charge is 0.356 e. The highest BCUT2D eigenvalue weighted by atomic mass is 127. The Hall–Kier alpha value is -1.82. The van der Waals surface area contributed by atoms with Gasteiger partial charge in [0.05, 0.1) is 10.4 Å². The van der Waals surface area contributed by atoms with Crippen molar-refractivity contribution in [3.05, 3.63) is 57.8 Å². The summed E-state index contributed by atoms with van der Waals surface area (Å²) in [5.41, 5.74) is -0.165. The van der Waals surface area contributed by atoms with E-state index in [1.165, 1.54) is 17.4 Å². The van der Waals surface area contributed by atoms with Crippen LogP contribution in [0.3, 0.4) is 0 Å². The molecule has 28 heavy (non-hydrogen) atoms. The topological polar surface area (TPSA) is 65.5 Å². The van der Waals surface area contributed by atoms with Crippen LogP contribution >= 0.6 is 35.3 Å². The summed E-state index contributed by atoms with van der Waals surface area (Å²) >= 11 is 1.38. The second kappa shape index (κ2) is 11.9. The molecule has 1 aromatic heterocycles. The molecule has 0 unspecified atom stereocenters. The van der Waals surface area contributed by atoms with Gasteiger partial charge in [0, 0.05) is 26.7 Å². The first kappa shape index (κ1) is 24.2. The first-order chi connectivity index (χ1) is 12.9. The number of hydrogen-bond acceptors (Lipinski definition) is 3. The zero-order chi connectivity index (χ0) is 19.7. The summed E-state index contributed by atoms with van der Waals surface area (Å²) in [5.74, 6) is 0.383. The van der Waals surface area contributed by atoms with Crippen molar-refractivity contribution in [1.82, 2.24) is 16.0 Å². The lowest BCUT2D eigenvalue weighted by atomic mass is 10.1. The Balaban J connectivity index is 0.00000392. The Kier molecular flexibility index (Phi) is 10.3. The summed E-state index contributed by atoms with van der Waals surface area (Å²) in [5, 5.41) is 10.7. The third-order valence-electron chi connectivity index (χ3n) is 3.61. The molecule has 3 N–H and O–H groups in total. The monoisotopic (exact) mass is 526 g/mol. The molecule has 0 atom stereocenters. The first-order valence-corrected chi connectivity index (χ1v) is 9.20. The fourth-order valence-corrected chi connectivity index (χ4v) is 2.90. The van der Waals surface area contributed by atoms with Crippen LogP contribution in [-0.4, -0.2) is 32.0 Å². The van der Waals surface area contributed by atoms with Crippen LogP contribution in [0.25, 0.3) is 0 Å². The van der Waals surface area contributed by atoms with E-state index in [0.717, 1.165) is 12.1 Å². The maximum Gasteiger partial charge on any atom is 0.416 e. The molecular weight excluding hydrogens is 504 g/mol. The summed E-state index contributed by atoms with van der Waals surface area (Å²) in [6.45, 7) is 1.29. The van der Waals surface area contributed by atoms with Crippen molar-refractivity contribution in [1.29, 1.82) is 0 Å². The predicted octanol–water partition coefficient (Wildman–Crippen LogP) is 3.87. The highest BCUT2D eigenvalue weighted by Gasteiger charge is 2.30. The third kappa shape index (κ3) is 8.05. The minimum absolute atomic E-state index is 0. The number of hydrogen-bond donors (Lipinski definition) is 3. The summed E-state index contributed by atoms with van der Waals surface area (Å²) in [6, 6.07) is 8.74. The van der Waals surface area contributed by atoms with E-state index in [2.05, 4.69) is 20.9 Å². The van der Waals surface area contributed by atoms with Gasteiger partial charge in [0.25, 0.3) is 5.91 Å². The second-order valence-corrected chi connectivity index (χ2v) is 6.59. The molecule has 10 heteroatoms. The van der Waals surface area contributed by atoms with Gasteiger partial charge in [-0.1, -0.05) is 18.2 Å². The standard InChI is InChI=1S/C18H21F3N4OS.HI/c1-22-17(24-9-4-8-23-16(26)15-7-3-10-27-15)25-12-13-5-2-6-14(11-13)18(19,20)21;/h2-3,5-7,10-11H,4,8-9,12H2,1H3,(H,23,26)(H2,22,24,25);1H. The van der Waals surface area contributed by atoms with Gasteiger partial charge in [-0.3, -0.25) is 9.79 Å². The number of carbonyl (C=O) groups excluding carboxylic acids is 1. The highest BCUT2D eigenvalue weighted by molar-refractivity contribution is 14.0. The molecule has 0 saturated heterocycles. The van der Waals surface area contributed by atoms with Crippen LogP contribution in [0, 0.1) is 0 Å². The van der Waals surface area contributed by atoms with Crippen LogP contribution in [0.2, 0.25) is 0 Å². The van der Waals surface area contributed by atoms with E-state index in [0.29, 0.717) is 35.9 Å². The number of carbonyl (C=O) groups is 1. The van der Waals surface area contributed by atoms with E-state index in [9.17, 15) is 18.0 Å². The Labute approximate surface area is 182 Å². The van der Waals surface area contributed by atoms with Gasteiger partial charge in [0.1, 0.15) is 0 Å². The van der Waals surface area contributed by atoms with Crippen molar-refractivity contribution < 1.29 is 18.0 Å². The predicted molar refractivity (Wildman–Crippen MR) is 116 cm³/mol. The Morgan fingerprint density at radius 1 is 1.11 bits per heavy atom. The van der Waals surface area contributed by atoms with Crippen molar-refractivity contribution in [3.63, 3.8) is 0 Å². The molecule has 1 heterocycles. The lowest BCUT2D eigenvalue weighted by Crippen LogP contribution is -2.38. The molecule has 1 aromatic carbocycles. The second-order valence-electron chi connectivity index (χ2n) is 5.64. The molecule has 0 spiro atoms. The van der Waals surface area contributed by atoms with Crippen LogP contribution in [-0.2, 0) is 12.7 Å². The van der Waals surface area contributed by atoms with Crippen molar-refractivity contribution in [2.75, 3.05) is 20.1 Å². The fraction of sp³-hybridized carbons (Fsp3) is 0.333. The minimum atomic E-state index is -4.36. The normalized spacial score (nSPS) is 11.5. The first-order valence-electron chi connectivity index (χ1n) is 8.32. The number of nitrogens with one attached hydrogen (secondary N) is 3. The SMILES string of the molecule is CN=C(NCCCNC(=O)c1cccs1)NCc1cccc(C(F)(F)F)c1.I. The van der Waals surface area contributed by atoms with E-state index in [4.69, 9.17) is 0 Å². The zero-order valence-corrected chi connectivity index (χ0v) is 18.3. The highest BCUT2D eigenvalue weighted by Crippen LogP contribution is 2.29. The van der Waals surface area contributed by atoms with E-state index in [1.807, 2.05) is 11.4 Å². The number of alkyl halides is 3. The van der Waals surface area contributed by atoms with Crippen molar-refractivity contribution in [3.8, 4) is 0 Å². The summed E-state index contributed by atoms with van der Waals surface area (Å²) < 4.78 is 38.2. The number of nitrogens with zero attached hydrogens (tertiary/aromatic N) is 1. The van der Waals surface area contributed by atoms with E-state index >= 15 is 0 Å². The van der Waals surface area contributed by atoms with Gasteiger partial charge < -0.3 is 16.0 Å². The van der Waals surface area contributed by atoms with Crippen molar-refractivity contribution >= 4 is 47.2 Å². The quantitative estimate of drug-likeness (QED) is 0.222. The van der Waals surface area contributed by atoms with Gasteiger partial charge in [0.2, 0.25) is 0 Å². The number of halogens is 4. The Morgan fingerprint density at radius 2 is 1.86 bits per heavy atom. The number of benzene rings is 1. The van der Waals surface area contributed by atoms with Gasteiger partial charge >= 0.3 is 6.18 Å². The van der Waals surface area contributed by atoms with Crippen molar-refractivity contribution in [2.45, 2.75) is 19.1 Å². The maximum atomic E-state index is 12.7. The van der Waals surface area contributed by atoms with E-state index in [1.54, 1.807) is 19.2 Å². The van der Waals surface area contributed by atoms with E-state index in [-0.39, 0.29) is 36.4 Å². The summed E-state index contributed by atoms with van der Waals surface area (Å²) in [7, 11) is 1.58. The van der Waals surface area contributed by atoms with Crippen LogP contribution in [0.5, 0.6) is 0 Å². The number of amides is 1. The van der Waals surface area contributed by atoms with Gasteiger partial charge in [-0.15, -0.1) is 35.3 Å². The number of thiophene rings is 1. The van der Waals surface area contributed by atoms with Gasteiger partial charge in [0.15, 0.2) is 5.96 Å². The molecule has 154 valence electrons. The Bertz CT molecular complexity index is 766. The van der Waals surface area contributed by atoms with Gasteiger partial charge in [-0.05, 0) is 35.6 Å². The minimum Gasteiger partial charge on any atom is -0.356 e. The Morgan fingerprint density at radius 3 is 2.50 bits per heavy atom. The molecule has 0 aliphatic heterocycles. The molecule has 0 aliphatic carbocycles. The molecule has 0 fully saturated rings. The molecule has 0 saturated carbocycles. The average Bonchev–Trinajstić information content (AvgIpc) is 3.18. The van der Waals surface area contributed by atoms with Crippen LogP contribution < -0.4 is 16.0 Å². The molecule has 0 radical (unpaired) electrons. The van der Waals surface area contributed by atoms with E-state index < -0.39 is 11.7 Å². The molecule has 2 rings (SSSR count). The molecular formula is C18H22F3IN4OS. The maximum absolute atomic E-state index is 12.7. The van der Waals surface area contributed by atoms with Crippen molar-refractivity contribution in [2.24, 2.45) is 4.99 Å². The fourth-order valence-electron chi connectivity index (χ4n) is 2.26. The summed E-state index contributed by atoms with van der Waals surface area (Å²) in [4.78, 5) is 16.5. The van der Waals surface area contributed by atoms with Gasteiger partial charge in [-0.25, -0.2) is 0 Å². The lowest BCUT2D eigenvalue weighted by Gasteiger charge is -2.13. The van der Waals surface area contributed by atoms with Gasteiger partial charge in [-0.2, -0.15) is 13.2 Å². The molecule has 0 bridgehead atoms. The summed E-state index contributed by atoms with van der Waals surface area (Å²) in [6.07, 6.45) is -3.68. The number of aliphatic imine (C=N–C) groups is 1. The van der Waals surface area contributed by atoms with Crippen LogP contribution in [0.4, 0.5) is 13.2 Å². The van der Waals surface area contributed by atoms with Crippen LogP contribution in [0.1, 0.15) is 27.2 Å². The molecule has 5 nitrogen and oxygen atoms in total. The largest absolute Gasteiger partial charge is 0.416 e. The average molecular weight is 526 g/mol. The molecule has 0 aliphatic rings. The van der Waals surface area contributed by atoms with Crippen LogP contribution in [0.15, 0.2) is 46.8 Å². The number of guanidine groups is 1. The molecule has 2 aromatic rings.